The largest absolute Gasteiger partial charge is 0.508 e. The van der Waals surface area contributed by atoms with Crippen molar-refractivity contribution in [2.75, 3.05) is 26.4 Å². The number of benzene rings is 6. The second kappa shape index (κ2) is 32.9. The fraction of sp³-hybridized carbons (Fsp3) is 0.333. The molecule has 6 N–H and O–H groups in total. The van der Waals surface area contributed by atoms with Gasteiger partial charge in [-0.2, -0.15) is 0 Å². The number of para-hydroxylation sites is 4. The minimum atomic E-state index is -0.361. The van der Waals surface area contributed by atoms with Gasteiger partial charge in [0.1, 0.15) is 34.5 Å². The van der Waals surface area contributed by atoms with Gasteiger partial charge in [-0.25, -0.2) is 0 Å². The van der Waals surface area contributed by atoms with Gasteiger partial charge >= 0.3 is 23.9 Å². The third kappa shape index (κ3) is 22.6. The third-order valence-corrected chi connectivity index (χ3v) is 11.7. The highest BCUT2D eigenvalue weighted by molar-refractivity contribution is 5.74. The molecular formula is C60H70O14. The number of esters is 4. The lowest BCUT2D eigenvalue weighted by Gasteiger charge is -2.07. The first-order valence-corrected chi connectivity index (χ1v) is 25.0. The van der Waals surface area contributed by atoms with Gasteiger partial charge in [0.15, 0.2) is 0 Å². The van der Waals surface area contributed by atoms with Crippen LogP contribution < -0.4 is 0 Å². The van der Waals surface area contributed by atoms with E-state index in [1.165, 1.54) is 12.1 Å². The second-order valence-corrected chi connectivity index (χ2v) is 17.6. The van der Waals surface area contributed by atoms with E-state index in [1.54, 1.807) is 84.9 Å². The average molecular weight is 1020 g/mol. The van der Waals surface area contributed by atoms with E-state index in [1.807, 2.05) is 50.2 Å². The molecule has 0 bridgehead atoms. The van der Waals surface area contributed by atoms with E-state index in [4.69, 9.17) is 18.9 Å². The Balaban J connectivity index is 0.000000251. The van der Waals surface area contributed by atoms with Gasteiger partial charge in [0.25, 0.3) is 0 Å². The minimum absolute atomic E-state index is 0.0552. The molecular weight excluding hydrogens is 945 g/mol. The Kier molecular flexibility index (Phi) is 26.0. The number of ether oxygens (including phenoxy) is 4. The molecule has 6 aromatic rings. The summed E-state index contributed by atoms with van der Waals surface area (Å²) < 4.78 is 20.7. The van der Waals surface area contributed by atoms with Crippen molar-refractivity contribution in [1.82, 2.24) is 0 Å². The van der Waals surface area contributed by atoms with Gasteiger partial charge in [-0.15, -0.1) is 0 Å². The molecule has 0 aliphatic carbocycles. The standard InChI is InChI=1S/C24H30O6.C22H26O6.C14H14O2/c25-21-11-5-3-9-19(21)13-15-23(27)29-17-7-1-2-8-18-30-24(28)16-14-20-10-4-6-12-22(20)26;23-19-11-5-3-9-17(19)15-21(25)27-13-7-1-2-8-14-28-22(26)16-18-10-4-6-12-20(18)24;1-9-7-11(3-5-13(9)15)12-4-6-14(16)10(2)8-12/h3-6,9-12,25-26H,1-2,7-8,13-18H2;3-6,9-12,23-24H,1-2,7-8,13-16H2;3-8,15-16H,1-2H3. The molecule has 14 heteroatoms. The summed E-state index contributed by atoms with van der Waals surface area (Å²) in [6.45, 7) is 5.15. The van der Waals surface area contributed by atoms with Gasteiger partial charge in [-0.3, -0.25) is 19.2 Å². The van der Waals surface area contributed by atoms with Crippen molar-refractivity contribution >= 4 is 23.9 Å². The molecule has 0 amide bonds. The minimum Gasteiger partial charge on any atom is -0.508 e. The molecule has 6 aromatic carbocycles. The fourth-order valence-electron chi connectivity index (χ4n) is 7.33. The van der Waals surface area contributed by atoms with Crippen LogP contribution in [-0.2, 0) is 63.8 Å². The van der Waals surface area contributed by atoms with Crippen molar-refractivity contribution in [3.63, 3.8) is 0 Å². The van der Waals surface area contributed by atoms with E-state index >= 15 is 0 Å². The number of phenols is 6. The number of rotatable bonds is 25. The van der Waals surface area contributed by atoms with Crippen LogP contribution in [0.25, 0.3) is 11.1 Å². The monoisotopic (exact) mass is 1010 g/mol. The number of phenolic OH excluding ortho intramolecular Hbond substituents is 6. The normalized spacial score (nSPS) is 10.5. The Bertz CT molecular complexity index is 2490. The summed E-state index contributed by atoms with van der Waals surface area (Å²) >= 11 is 0. The van der Waals surface area contributed by atoms with E-state index in [2.05, 4.69) is 0 Å². The molecule has 6 rings (SSSR count). The predicted molar refractivity (Wildman–Crippen MR) is 282 cm³/mol. The summed E-state index contributed by atoms with van der Waals surface area (Å²) in [6, 6.07) is 38.3. The Labute approximate surface area is 433 Å². The summed E-state index contributed by atoms with van der Waals surface area (Å²) in [5.41, 5.74) is 6.37. The van der Waals surface area contributed by atoms with E-state index in [0.717, 1.165) is 84.7 Å². The van der Waals surface area contributed by atoms with Crippen molar-refractivity contribution in [2.24, 2.45) is 0 Å². The van der Waals surface area contributed by atoms with Crippen molar-refractivity contribution < 1.29 is 68.8 Å². The Morgan fingerprint density at radius 3 is 0.919 bits per heavy atom. The molecule has 0 fully saturated rings. The molecule has 0 atom stereocenters. The highest BCUT2D eigenvalue weighted by Crippen LogP contribution is 2.29. The van der Waals surface area contributed by atoms with Crippen molar-refractivity contribution in [2.45, 2.75) is 104 Å². The first-order valence-electron chi connectivity index (χ1n) is 25.0. The third-order valence-electron chi connectivity index (χ3n) is 11.7. The Morgan fingerprint density at radius 1 is 0.338 bits per heavy atom. The van der Waals surface area contributed by atoms with Gasteiger partial charge in [0.2, 0.25) is 0 Å². The Hall–Kier alpha value is -8.00. The highest BCUT2D eigenvalue weighted by atomic mass is 16.5. The van der Waals surface area contributed by atoms with Crippen LogP contribution in [0.5, 0.6) is 34.5 Å². The van der Waals surface area contributed by atoms with Crippen LogP contribution in [0.1, 0.15) is 97.6 Å². The zero-order valence-electron chi connectivity index (χ0n) is 42.4. The molecule has 0 heterocycles. The fourth-order valence-corrected chi connectivity index (χ4v) is 7.33. The summed E-state index contributed by atoms with van der Waals surface area (Å²) in [7, 11) is 0. The maximum absolute atomic E-state index is 11.7. The van der Waals surface area contributed by atoms with Crippen LogP contribution in [0.3, 0.4) is 0 Å². The van der Waals surface area contributed by atoms with Crippen LogP contribution in [0.2, 0.25) is 0 Å². The summed E-state index contributed by atoms with van der Waals surface area (Å²) in [4.78, 5) is 47.0. The van der Waals surface area contributed by atoms with Crippen molar-refractivity contribution in [3.05, 3.63) is 167 Å². The number of aromatic hydroxyl groups is 6. The van der Waals surface area contributed by atoms with Crippen molar-refractivity contribution in [3.8, 4) is 45.6 Å². The van der Waals surface area contributed by atoms with Gasteiger partial charge in [-0.1, -0.05) is 84.9 Å². The molecule has 0 aliphatic heterocycles. The van der Waals surface area contributed by atoms with Crippen molar-refractivity contribution in [1.29, 1.82) is 0 Å². The highest BCUT2D eigenvalue weighted by Gasteiger charge is 2.11. The maximum Gasteiger partial charge on any atom is 0.310 e. The molecule has 0 saturated carbocycles. The maximum atomic E-state index is 11.7. The van der Waals surface area contributed by atoms with E-state index in [-0.39, 0.29) is 72.6 Å². The zero-order valence-corrected chi connectivity index (χ0v) is 42.4. The number of carbonyl (C=O) groups is 4. The summed E-state index contributed by atoms with van der Waals surface area (Å²) in [5, 5.41) is 57.5. The van der Waals surface area contributed by atoms with Crippen LogP contribution >= 0.6 is 0 Å². The van der Waals surface area contributed by atoms with Crippen LogP contribution in [-0.4, -0.2) is 80.9 Å². The molecule has 74 heavy (non-hydrogen) atoms. The first-order chi connectivity index (χ1) is 35.7. The van der Waals surface area contributed by atoms with Crippen LogP contribution in [0.15, 0.2) is 133 Å². The molecule has 0 spiro atoms. The Morgan fingerprint density at radius 2 is 0.622 bits per heavy atom. The van der Waals surface area contributed by atoms with Gasteiger partial charge < -0.3 is 49.6 Å². The molecule has 0 unspecified atom stereocenters. The quantitative estimate of drug-likeness (QED) is 0.0178. The lowest BCUT2D eigenvalue weighted by Crippen LogP contribution is -2.10. The van der Waals surface area contributed by atoms with Crippen LogP contribution in [0.4, 0.5) is 0 Å². The van der Waals surface area contributed by atoms with E-state index in [0.29, 0.717) is 61.9 Å². The van der Waals surface area contributed by atoms with Gasteiger partial charge in [0.05, 0.1) is 39.3 Å². The molecule has 14 nitrogen and oxygen atoms in total. The average Bonchev–Trinajstić information content (AvgIpc) is 3.38. The van der Waals surface area contributed by atoms with Gasteiger partial charge in [0, 0.05) is 24.0 Å². The lowest BCUT2D eigenvalue weighted by molar-refractivity contribution is -0.145. The zero-order chi connectivity index (χ0) is 53.5. The molecule has 0 aliphatic rings. The summed E-state index contributed by atoms with van der Waals surface area (Å²) in [6.07, 6.45) is 8.03. The summed E-state index contributed by atoms with van der Waals surface area (Å²) in [5.74, 6) is -0.0627. The SMILES string of the molecule is Cc1cc(-c2ccc(O)c(C)c2)ccc1O.O=C(CCc1ccccc1O)OCCCCCCOC(=O)CCc1ccccc1O.O=C(Cc1ccccc1O)OCCCCCCOC(=O)Cc1ccccc1O. The number of aryl methyl sites for hydroxylation is 4. The molecule has 0 aromatic heterocycles. The van der Waals surface area contributed by atoms with E-state index in [9.17, 15) is 49.8 Å². The number of hydrogen-bond donors (Lipinski definition) is 6. The lowest BCUT2D eigenvalue weighted by atomic mass is 10.0. The molecule has 394 valence electrons. The smallest absolute Gasteiger partial charge is 0.310 e. The molecule has 0 saturated heterocycles. The second-order valence-electron chi connectivity index (χ2n) is 17.6. The topological polar surface area (TPSA) is 227 Å². The van der Waals surface area contributed by atoms with E-state index < -0.39 is 0 Å². The van der Waals surface area contributed by atoms with Crippen LogP contribution in [0, 0.1) is 13.8 Å². The van der Waals surface area contributed by atoms with Gasteiger partial charge in [-0.05, 0) is 160 Å². The first kappa shape index (κ1) is 58.6. The number of hydrogen-bond acceptors (Lipinski definition) is 14. The predicted octanol–water partition coefficient (Wildman–Crippen LogP) is 11.2. The number of unbranched alkanes of at least 4 members (excludes halogenated alkanes) is 6. The molecule has 0 radical (unpaired) electrons. The number of carbonyl (C=O) groups excluding carboxylic acids is 4.